The second-order valence-electron chi connectivity index (χ2n) is 2.70. The molecule has 56 valence electrons. The lowest BCUT2D eigenvalue weighted by Gasteiger charge is -2.10. The number of anilines is 1. The normalized spacial score (nSPS) is 14.7. The topological polar surface area (TPSA) is 27.1 Å². The molecule has 11 heavy (non-hydrogen) atoms. The first-order valence-electron chi connectivity index (χ1n) is 3.77. The summed E-state index contributed by atoms with van der Waals surface area (Å²) in [4.78, 5) is 1.97. The molecule has 1 aliphatic heterocycles. The number of hydrogen-bond acceptors (Lipinski definition) is 1. The Balaban J connectivity index is 2.46. The van der Waals surface area contributed by atoms with Gasteiger partial charge in [-0.1, -0.05) is 18.2 Å². The van der Waals surface area contributed by atoms with E-state index in [2.05, 4.69) is 12.1 Å². The van der Waals surface area contributed by atoms with E-state index in [1.165, 1.54) is 17.6 Å². The Morgan fingerprint density at radius 1 is 1.36 bits per heavy atom. The number of nitrogens with one attached hydrogen (secondary N) is 1. The molecule has 0 amide bonds. The van der Waals surface area contributed by atoms with Crippen LogP contribution >= 0.6 is 0 Å². The highest BCUT2D eigenvalue weighted by molar-refractivity contribution is 5.80. The van der Waals surface area contributed by atoms with Gasteiger partial charge in [0, 0.05) is 12.2 Å². The molecule has 1 N–H and O–H groups in total. The Labute approximate surface area is 66.0 Å². The van der Waals surface area contributed by atoms with Gasteiger partial charge in [-0.15, -0.1) is 0 Å². The Morgan fingerprint density at radius 3 is 3.00 bits per heavy atom. The molecule has 2 rings (SSSR count). The molecule has 2 nitrogen and oxygen atoms in total. The van der Waals surface area contributed by atoms with Gasteiger partial charge >= 0.3 is 0 Å². The van der Waals surface area contributed by atoms with Crippen LogP contribution in [0.5, 0.6) is 0 Å². The summed E-state index contributed by atoms with van der Waals surface area (Å²) in [6, 6.07) is 8.25. The maximum atomic E-state index is 7.13. The van der Waals surface area contributed by atoms with Crippen molar-refractivity contribution in [2.24, 2.45) is 0 Å². The number of fused-ring (bicyclic) bond motifs is 1. The highest BCUT2D eigenvalue weighted by Crippen LogP contribution is 2.25. The van der Waals surface area contributed by atoms with Crippen LogP contribution in [0.3, 0.4) is 0 Å². The molecule has 0 bridgehead atoms. The molecule has 1 aromatic rings. The van der Waals surface area contributed by atoms with Gasteiger partial charge in [0.2, 0.25) is 0 Å². The van der Waals surface area contributed by atoms with Crippen molar-refractivity contribution in [1.29, 1.82) is 5.41 Å². The number of rotatable bonds is 1. The van der Waals surface area contributed by atoms with Crippen LogP contribution in [0, 0.1) is 5.41 Å². The van der Waals surface area contributed by atoms with Crippen LogP contribution in [0.1, 0.15) is 5.56 Å². The van der Waals surface area contributed by atoms with E-state index in [1.54, 1.807) is 0 Å². The van der Waals surface area contributed by atoms with Crippen LogP contribution in [0.4, 0.5) is 5.69 Å². The molecule has 0 saturated carbocycles. The van der Waals surface area contributed by atoms with E-state index in [-0.39, 0.29) is 0 Å². The van der Waals surface area contributed by atoms with Gasteiger partial charge in [0.15, 0.2) is 0 Å². The van der Waals surface area contributed by atoms with E-state index in [9.17, 15) is 0 Å². The molecule has 0 aliphatic carbocycles. The molecule has 2 heteroatoms. The van der Waals surface area contributed by atoms with Gasteiger partial charge in [-0.3, -0.25) is 5.41 Å². The molecule has 1 aliphatic rings. The van der Waals surface area contributed by atoms with Crippen LogP contribution in [0.15, 0.2) is 24.3 Å². The van der Waals surface area contributed by atoms with Crippen molar-refractivity contribution in [3.63, 3.8) is 0 Å². The third-order valence-electron chi connectivity index (χ3n) is 2.08. The Bertz CT molecular complexity index is 281. The summed E-state index contributed by atoms with van der Waals surface area (Å²) < 4.78 is 0. The lowest BCUT2D eigenvalue weighted by molar-refractivity contribution is 1.03. The molecule has 0 unspecified atom stereocenters. The zero-order valence-corrected chi connectivity index (χ0v) is 6.25. The number of hydrogen-bond donors (Lipinski definition) is 1. The molecule has 0 saturated heterocycles. The van der Waals surface area contributed by atoms with Gasteiger partial charge in [-0.2, -0.15) is 0 Å². The fourth-order valence-electron chi connectivity index (χ4n) is 1.50. The minimum Gasteiger partial charge on any atom is -0.332 e. The van der Waals surface area contributed by atoms with Crippen molar-refractivity contribution in [2.45, 2.75) is 6.42 Å². The van der Waals surface area contributed by atoms with Gasteiger partial charge in [-0.25, -0.2) is 0 Å². The summed E-state index contributed by atoms with van der Waals surface area (Å²) in [6.07, 6.45) is 2.47. The molecular formula is C9H10N2. The molecule has 0 spiro atoms. The second kappa shape index (κ2) is 2.38. The van der Waals surface area contributed by atoms with Gasteiger partial charge in [0.05, 0.1) is 6.34 Å². The summed E-state index contributed by atoms with van der Waals surface area (Å²) >= 11 is 0. The third kappa shape index (κ3) is 0.909. The predicted octanol–water partition coefficient (Wildman–Crippen LogP) is 1.66. The monoisotopic (exact) mass is 146 g/mol. The summed E-state index contributed by atoms with van der Waals surface area (Å²) in [5.74, 6) is 0. The standard InChI is InChI=1S/C9H10N2/c10-7-11-6-5-8-3-1-2-4-9(8)11/h1-4,7,10H,5-6H2. The Morgan fingerprint density at radius 2 is 2.18 bits per heavy atom. The first-order chi connectivity index (χ1) is 5.42. The van der Waals surface area contributed by atoms with Crippen LogP contribution in [-0.4, -0.2) is 12.9 Å². The van der Waals surface area contributed by atoms with Gasteiger partial charge < -0.3 is 4.90 Å². The Kier molecular flexibility index (Phi) is 1.39. The fourth-order valence-corrected chi connectivity index (χ4v) is 1.50. The van der Waals surface area contributed by atoms with Crippen LogP contribution in [0.2, 0.25) is 0 Å². The highest BCUT2D eigenvalue weighted by atomic mass is 15.1. The van der Waals surface area contributed by atoms with Gasteiger partial charge in [0.1, 0.15) is 0 Å². The van der Waals surface area contributed by atoms with E-state index in [4.69, 9.17) is 5.41 Å². The smallest absolute Gasteiger partial charge is 0.0861 e. The third-order valence-corrected chi connectivity index (χ3v) is 2.08. The van der Waals surface area contributed by atoms with E-state index in [1.807, 2.05) is 17.0 Å². The highest BCUT2D eigenvalue weighted by Gasteiger charge is 2.15. The van der Waals surface area contributed by atoms with Gasteiger partial charge in [0.25, 0.3) is 0 Å². The van der Waals surface area contributed by atoms with Gasteiger partial charge in [-0.05, 0) is 18.1 Å². The van der Waals surface area contributed by atoms with Crippen LogP contribution in [0.25, 0.3) is 0 Å². The molecule has 0 fully saturated rings. The van der Waals surface area contributed by atoms with Crippen molar-refractivity contribution in [2.75, 3.05) is 11.4 Å². The maximum Gasteiger partial charge on any atom is 0.0861 e. The molecule has 1 heterocycles. The zero-order valence-electron chi connectivity index (χ0n) is 6.25. The molecule has 0 radical (unpaired) electrons. The lowest BCUT2D eigenvalue weighted by atomic mass is 10.2. The number of benzene rings is 1. The molecule has 0 atom stereocenters. The molecular weight excluding hydrogens is 136 g/mol. The fraction of sp³-hybridized carbons (Fsp3) is 0.222. The summed E-state index contributed by atoms with van der Waals surface area (Å²) in [7, 11) is 0. The maximum absolute atomic E-state index is 7.13. The average molecular weight is 146 g/mol. The second-order valence-corrected chi connectivity index (χ2v) is 2.70. The van der Waals surface area contributed by atoms with Crippen molar-refractivity contribution < 1.29 is 0 Å². The number of para-hydroxylation sites is 1. The summed E-state index contributed by atoms with van der Waals surface area (Å²) in [6.45, 7) is 0.961. The van der Waals surface area contributed by atoms with Crippen molar-refractivity contribution >= 4 is 12.0 Å². The minimum absolute atomic E-state index is 0.961. The van der Waals surface area contributed by atoms with Crippen molar-refractivity contribution in [1.82, 2.24) is 0 Å². The summed E-state index contributed by atoms with van der Waals surface area (Å²) in [5, 5.41) is 7.13. The first kappa shape index (κ1) is 6.40. The zero-order chi connectivity index (χ0) is 7.68. The van der Waals surface area contributed by atoms with Crippen LogP contribution in [-0.2, 0) is 6.42 Å². The lowest BCUT2D eigenvalue weighted by Crippen LogP contribution is -2.16. The van der Waals surface area contributed by atoms with Crippen molar-refractivity contribution in [3.05, 3.63) is 29.8 Å². The Hall–Kier alpha value is -1.31. The quantitative estimate of drug-likeness (QED) is 0.473. The van der Waals surface area contributed by atoms with Crippen molar-refractivity contribution in [3.8, 4) is 0 Å². The van der Waals surface area contributed by atoms with E-state index >= 15 is 0 Å². The molecule has 0 aromatic heterocycles. The van der Waals surface area contributed by atoms with Crippen LogP contribution < -0.4 is 4.90 Å². The SMILES string of the molecule is N=CN1CCc2ccccc21. The average Bonchev–Trinajstić information content (AvgIpc) is 2.47. The number of nitrogens with zero attached hydrogens (tertiary/aromatic N) is 1. The summed E-state index contributed by atoms with van der Waals surface area (Å²) in [5.41, 5.74) is 2.55. The van der Waals surface area contributed by atoms with E-state index in [0.717, 1.165) is 13.0 Å². The van der Waals surface area contributed by atoms with E-state index in [0.29, 0.717) is 0 Å². The molecule has 1 aromatic carbocycles. The predicted molar refractivity (Wildman–Crippen MR) is 46.3 cm³/mol. The van der Waals surface area contributed by atoms with E-state index < -0.39 is 0 Å². The minimum atomic E-state index is 0.961. The largest absolute Gasteiger partial charge is 0.332 e. The first-order valence-corrected chi connectivity index (χ1v) is 3.77.